The van der Waals surface area contributed by atoms with Crippen LogP contribution in [0.1, 0.15) is 40.4 Å². The predicted molar refractivity (Wildman–Crippen MR) is 110 cm³/mol. The van der Waals surface area contributed by atoms with E-state index in [9.17, 15) is 5.11 Å². The first-order valence-electron chi connectivity index (χ1n) is 8.43. The molecule has 140 valence electrons. The van der Waals surface area contributed by atoms with Crippen LogP contribution < -0.4 is 10.6 Å². The fourth-order valence-electron chi connectivity index (χ4n) is 2.34. The molecule has 3 N–H and O–H groups in total. The highest BCUT2D eigenvalue weighted by molar-refractivity contribution is 14.0. The first-order chi connectivity index (χ1) is 10.9. The van der Waals surface area contributed by atoms with Crippen molar-refractivity contribution in [1.82, 2.24) is 15.5 Å². The number of nitrogens with one attached hydrogen (secondary N) is 2. The van der Waals surface area contributed by atoms with Gasteiger partial charge in [-0.3, -0.25) is 4.90 Å². The summed E-state index contributed by atoms with van der Waals surface area (Å²) in [5.41, 5.74) is -1.11. The molecule has 1 rings (SSSR count). The van der Waals surface area contributed by atoms with Crippen LogP contribution in [0.3, 0.4) is 0 Å². The third-order valence-electron chi connectivity index (χ3n) is 3.77. The van der Waals surface area contributed by atoms with E-state index in [1.807, 2.05) is 6.92 Å². The molecule has 0 fully saturated rings. The van der Waals surface area contributed by atoms with Crippen LogP contribution in [0.5, 0.6) is 0 Å². The molecule has 1 heterocycles. The molecule has 0 bridgehead atoms. The third-order valence-corrected chi connectivity index (χ3v) is 3.77. The number of likely N-dealkylation sites (N-methyl/N-ethyl adjacent to an activating group) is 1. The number of furan rings is 1. The molecule has 0 aliphatic heterocycles. The van der Waals surface area contributed by atoms with Gasteiger partial charge in [0, 0.05) is 25.7 Å². The number of guanidine groups is 1. The second-order valence-corrected chi connectivity index (χ2v) is 6.10. The minimum atomic E-state index is -1.11. The summed E-state index contributed by atoms with van der Waals surface area (Å²) in [6.45, 7) is 14.1. The van der Waals surface area contributed by atoms with Crippen LogP contribution >= 0.6 is 24.0 Å². The van der Waals surface area contributed by atoms with Gasteiger partial charge in [0.15, 0.2) is 5.96 Å². The normalized spacial score (nSPS) is 14.4. The number of aliphatic imine (C=N–C) groups is 1. The Bertz CT molecular complexity index is 461. The van der Waals surface area contributed by atoms with Gasteiger partial charge in [-0.1, -0.05) is 6.92 Å². The molecule has 0 saturated carbocycles. The Labute approximate surface area is 163 Å². The Balaban J connectivity index is 0.00000529. The molecule has 0 aliphatic rings. The number of hydrogen-bond donors (Lipinski definition) is 3. The molecule has 1 unspecified atom stereocenters. The van der Waals surface area contributed by atoms with Gasteiger partial charge in [0.05, 0.1) is 12.8 Å². The molecule has 0 aromatic carbocycles. The molecular formula is C17H33IN4O2. The summed E-state index contributed by atoms with van der Waals surface area (Å²) in [6, 6.07) is 4.06. The topological polar surface area (TPSA) is 73.0 Å². The zero-order chi connectivity index (χ0) is 17.3. The molecule has 1 aromatic heterocycles. The van der Waals surface area contributed by atoms with E-state index < -0.39 is 5.60 Å². The predicted octanol–water partition coefficient (Wildman–Crippen LogP) is 2.39. The van der Waals surface area contributed by atoms with Gasteiger partial charge >= 0.3 is 0 Å². The van der Waals surface area contributed by atoms with Crippen molar-refractivity contribution >= 4 is 29.9 Å². The molecule has 7 heteroatoms. The molecule has 0 spiro atoms. The Morgan fingerprint density at radius 2 is 2.08 bits per heavy atom. The molecule has 1 atom stereocenters. The lowest BCUT2D eigenvalue weighted by atomic mass is 10.0. The quantitative estimate of drug-likeness (QED) is 0.305. The van der Waals surface area contributed by atoms with Crippen LogP contribution in [0.15, 0.2) is 27.8 Å². The summed E-state index contributed by atoms with van der Waals surface area (Å²) >= 11 is 0. The highest BCUT2D eigenvalue weighted by Gasteiger charge is 2.26. The van der Waals surface area contributed by atoms with Crippen LogP contribution in [0.25, 0.3) is 0 Å². The lowest BCUT2D eigenvalue weighted by Crippen LogP contribution is -2.43. The molecular weight excluding hydrogens is 419 g/mol. The lowest BCUT2D eigenvalue weighted by Gasteiger charge is -2.25. The van der Waals surface area contributed by atoms with Crippen LogP contribution in [0, 0.1) is 0 Å². The third kappa shape index (κ3) is 7.85. The standard InChI is InChI=1S/C17H32N4O2.HI/c1-6-18-16(19-10-11-21(7-2)14(3)4)20-13-17(5,22)15-9-8-12-23-15;/h8-9,12,14,22H,6-7,10-11,13H2,1-5H3,(H2,18,19,20);1H. The van der Waals surface area contributed by atoms with Crippen molar-refractivity contribution < 1.29 is 9.52 Å². The first-order valence-corrected chi connectivity index (χ1v) is 8.43. The summed E-state index contributed by atoms with van der Waals surface area (Å²) < 4.78 is 5.28. The summed E-state index contributed by atoms with van der Waals surface area (Å²) in [5.74, 6) is 1.23. The smallest absolute Gasteiger partial charge is 0.191 e. The largest absolute Gasteiger partial charge is 0.466 e. The highest BCUT2D eigenvalue weighted by atomic mass is 127. The number of rotatable bonds is 9. The van der Waals surface area contributed by atoms with Gasteiger partial charge in [-0.15, -0.1) is 24.0 Å². The number of hydrogen-bond acceptors (Lipinski definition) is 4. The number of nitrogens with zero attached hydrogens (tertiary/aromatic N) is 2. The van der Waals surface area contributed by atoms with Crippen molar-refractivity contribution in [2.45, 2.75) is 46.3 Å². The van der Waals surface area contributed by atoms with Crippen molar-refractivity contribution in [1.29, 1.82) is 0 Å². The number of halogens is 1. The van der Waals surface area contributed by atoms with Gasteiger partial charge in [-0.2, -0.15) is 0 Å². The van der Waals surface area contributed by atoms with E-state index in [1.165, 1.54) is 0 Å². The minimum absolute atomic E-state index is 0. The molecule has 0 amide bonds. The maximum absolute atomic E-state index is 10.5. The number of aliphatic hydroxyl groups is 1. The Kier molecular flexibility index (Phi) is 11.3. The molecule has 0 aliphatic carbocycles. The van der Waals surface area contributed by atoms with Crippen LogP contribution in [-0.4, -0.2) is 54.7 Å². The van der Waals surface area contributed by atoms with Crippen LogP contribution in [0.2, 0.25) is 0 Å². The zero-order valence-electron chi connectivity index (χ0n) is 15.5. The van der Waals surface area contributed by atoms with Gasteiger partial charge < -0.3 is 20.2 Å². The second-order valence-electron chi connectivity index (χ2n) is 6.10. The van der Waals surface area contributed by atoms with Crippen molar-refractivity contribution in [3.8, 4) is 0 Å². The average Bonchev–Trinajstić information content (AvgIpc) is 3.04. The van der Waals surface area contributed by atoms with E-state index in [1.54, 1.807) is 25.3 Å². The van der Waals surface area contributed by atoms with Gasteiger partial charge in [-0.05, 0) is 46.4 Å². The Morgan fingerprint density at radius 3 is 2.58 bits per heavy atom. The SMILES string of the molecule is CCNC(=NCC(C)(O)c1ccco1)NCCN(CC)C(C)C.I. The van der Waals surface area contributed by atoms with E-state index in [0.717, 1.165) is 26.2 Å². The Hall–Kier alpha value is -0.800. The zero-order valence-corrected chi connectivity index (χ0v) is 17.8. The van der Waals surface area contributed by atoms with Crippen molar-refractivity contribution in [2.24, 2.45) is 4.99 Å². The van der Waals surface area contributed by atoms with E-state index in [4.69, 9.17) is 4.42 Å². The summed E-state index contributed by atoms with van der Waals surface area (Å²) in [5, 5.41) is 17.0. The van der Waals surface area contributed by atoms with Gasteiger partial charge in [0.1, 0.15) is 11.4 Å². The van der Waals surface area contributed by atoms with Gasteiger partial charge in [0.25, 0.3) is 0 Å². The Morgan fingerprint density at radius 1 is 1.38 bits per heavy atom. The maximum Gasteiger partial charge on any atom is 0.191 e. The molecule has 24 heavy (non-hydrogen) atoms. The van der Waals surface area contributed by atoms with Gasteiger partial charge in [0.2, 0.25) is 0 Å². The fraction of sp³-hybridized carbons (Fsp3) is 0.706. The average molecular weight is 452 g/mol. The first kappa shape index (κ1) is 23.2. The van der Waals surface area contributed by atoms with Crippen molar-refractivity contribution in [2.75, 3.05) is 32.7 Å². The lowest BCUT2D eigenvalue weighted by molar-refractivity contribution is 0.0437. The molecule has 6 nitrogen and oxygen atoms in total. The minimum Gasteiger partial charge on any atom is -0.466 e. The molecule has 0 saturated heterocycles. The van der Waals surface area contributed by atoms with E-state index in [0.29, 0.717) is 17.8 Å². The highest BCUT2D eigenvalue weighted by Crippen LogP contribution is 2.20. The van der Waals surface area contributed by atoms with Crippen LogP contribution in [0.4, 0.5) is 0 Å². The molecule has 1 aromatic rings. The van der Waals surface area contributed by atoms with Crippen molar-refractivity contribution in [3.63, 3.8) is 0 Å². The van der Waals surface area contributed by atoms with E-state index in [-0.39, 0.29) is 30.5 Å². The summed E-state index contributed by atoms with van der Waals surface area (Å²) in [6.07, 6.45) is 1.56. The maximum atomic E-state index is 10.5. The van der Waals surface area contributed by atoms with E-state index >= 15 is 0 Å². The fourth-order valence-corrected chi connectivity index (χ4v) is 2.34. The summed E-state index contributed by atoms with van der Waals surface area (Å²) in [4.78, 5) is 6.86. The van der Waals surface area contributed by atoms with E-state index in [2.05, 4.69) is 41.3 Å². The van der Waals surface area contributed by atoms with Gasteiger partial charge in [-0.25, -0.2) is 4.99 Å². The summed E-state index contributed by atoms with van der Waals surface area (Å²) in [7, 11) is 0. The van der Waals surface area contributed by atoms with Crippen molar-refractivity contribution in [3.05, 3.63) is 24.2 Å². The van der Waals surface area contributed by atoms with Crippen LogP contribution in [-0.2, 0) is 5.60 Å². The second kappa shape index (κ2) is 11.7. The molecule has 0 radical (unpaired) electrons. The monoisotopic (exact) mass is 452 g/mol.